The highest BCUT2D eigenvalue weighted by molar-refractivity contribution is 7.98. The number of anilines is 1. The monoisotopic (exact) mass is 442 g/mol. The number of hydrogen-bond donors (Lipinski definition) is 2. The van der Waals surface area contributed by atoms with Crippen molar-refractivity contribution in [3.05, 3.63) is 95.0 Å². The van der Waals surface area contributed by atoms with Gasteiger partial charge < -0.3 is 11.1 Å². The number of halogens is 1. The Labute approximate surface area is 190 Å². The number of nitrogens with two attached hydrogens (primary N) is 1. The Morgan fingerprint density at radius 3 is 2.03 bits per heavy atom. The SMILES string of the molecule is CC.CC(N)Cc1ccccc1.O=CNc1ccc(SCc2ccccc2)c(Cl)c1. The van der Waals surface area contributed by atoms with Crippen LogP contribution in [0.3, 0.4) is 0 Å². The topological polar surface area (TPSA) is 55.1 Å². The molecule has 3 N–H and O–H groups in total. The van der Waals surface area contributed by atoms with Gasteiger partial charge in [-0.15, -0.1) is 11.8 Å². The van der Waals surface area contributed by atoms with E-state index in [2.05, 4.69) is 29.6 Å². The zero-order chi connectivity index (χ0) is 22.2. The molecule has 0 saturated carbocycles. The summed E-state index contributed by atoms with van der Waals surface area (Å²) in [6.45, 7) is 6.02. The van der Waals surface area contributed by atoms with Gasteiger partial charge in [-0.25, -0.2) is 0 Å². The van der Waals surface area contributed by atoms with E-state index < -0.39 is 0 Å². The molecule has 0 saturated heterocycles. The fourth-order valence-corrected chi connectivity index (χ4v) is 3.72. The summed E-state index contributed by atoms with van der Waals surface area (Å²) < 4.78 is 0. The van der Waals surface area contributed by atoms with Gasteiger partial charge in [0.1, 0.15) is 0 Å². The summed E-state index contributed by atoms with van der Waals surface area (Å²) in [4.78, 5) is 11.3. The first-order chi connectivity index (χ1) is 14.6. The third kappa shape index (κ3) is 10.5. The predicted molar refractivity (Wildman–Crippen MR) is 132 cm³/mol. The van der Waals surface area contributed by atoms with Gasteiger partial charge in [-0.2, -0.15) is 0 Å². The smallest absolute Gasteiger partial charge is 0.211 e. The summed E-state index contributed by atoms with van der Waals surface area (Å²) in [7, 11) is 0. The highest BCUT2D eigenvalue weighted by Crippen LogP contribution is 2.31. The quantitative estimate of drug-likeness (QED) is 0.312. The van der Waals surface area contributed by atoms with Crippen LogP contribution in [-0.4, -0.2) is 12.5 Å². The predicted octanol–water partition coefficient (Wildman–Crippen LogP) is 6.80. The molecule has 1 amide bonds. The summed E-state index contributed by atoms with van der Waals surface area (Å²) in [5.74, 6) is 0.876. The van der Waals surface area contributed by atoms with Gasteiger partial charge in [-0.3, -0.25) is 4.79 Å². The first-order valence-electron chi connectivity index (χ1n) is 10.0. The number of rotatable bonds is 7. The van der Waals surface area contributed by atoms with E-state index in [0.29, 0.717) is 17.1 Å². The van der Waals surface area contributed by atoms with Gasteiger partial charge in [0.05, 0.1) is 5.02 Å². The van der Waals surface area contributed by atoms with Gasteiger partial charge in [0.25, 0.3) is 0 Å². The van der Waals surface area contributed by atoms with Crippen molar-refractivity contribution in [3.63, 3.8) is 0 Å². The molecule has 160 valence electrons. The molecule has 0 radical (unpaired) electrons. The molecule has 3 aromatic rings. The Balaban J connectivity index is 0.000000318. The van der Waals surface area contributed by atoms with Crippen LogP contribution in [0.4, 0.5) is 5.69 Å². The van der Waals surface area contributed by atoms with Crippen LogP contribution in [0.5, 0.6) is 0 Å². The zero-order valence-electron chi connectivity index (χ0n) is 17.8. The summed E-state index contributed by atoms with van der Waals surface area (Å²) >= 11 is 7.83. The Hall–Kier alpha value is -2.27. The van der Waals surface area contributed by atoms with Crippen LogP contribution >= 0.6 is 23.4 Å². The Morgan fingerprint density at radius 1 is 0.967 bits per heavy atom. The molecule has 3 rings (SSSR count). The van der Waals surface area contributed by atoms with Crippen molar-refractivity contribution < 1.29 is 4.79 Å². The van der Waals surface area contributed by atoms with Crippen LogP contribution in [0.25, 0.3) is 0 Å². The summed E-state index contributed by atoms with van der Waals surface area (Å²) in [6, 6.07) is 26.3. The second kappa shape index (κ2) is 15.6. The highest BCUT2D eigenvalue weighted by atomic mass is 35.5. The van der Waals surface area contributed by atoms with E-state index in [1.165, 1.54) is 11.1 Å². The number of benzene rings is 3. The minimum atomic E-state index is 0.266. The maximum atomic E-state index is 10.3. The van der Waals surface area contributed by atoms with E-state index in [1.807, 2.05) is 69.3 Å². The third-order valence-electron chi connectivity index (χ3n) is 3.80. The fourth-order valence-electron chi connectivity index (χ4n) is 2.50. The molecular formula is C25H31ClN2OS. The number of nitrogens with one attached hydrogen (secondary N) is 1. The van der Waals surface area contributed by atoms with Crippen molar-refractivity contribution in [1.29, 1.82) is 0 Å². The Kier molecular flexibility index (Phi) is 13.4. The average molecular weight is 443 g/mol. The second-order valence-corrected chi connectivity index (χ2v) is 7.77. The molecular weight excluding hydrogens is 412 g/mol. The van der Waals surface area contributed by atoms with Gasteiger partial charge in [0.2, 0.25) is 6.41 Å². The van der Waals surface area contributed by atoms with Crippen LogP contribution < -0.4 is 11.1 Å². The lowest BCUT2D eigenvalue weighted by Crippen LogP contribution is -2.17. The molecule has 1 unspecified atom stereocenters. The number of amides is 1. The van der Waals surface area contributed by atoms with Crippen molar-refractivity contribution in [2.45, 2.75) is 43.9 Å². The largest absolute Gasteiger partial charge is 0.329 e. The standard InChI is InChI=1S/C14H12ClNOS.C9H13N.C2H6/c15-13-8-12(16-10-17)6-7-14(13)18-9-11-4-2-1-3-5-11;1-8(10)7-9-5-3-2-4-6-9;1-2/h1-8,10H,9H2,(H,16,17);2-6,8H,7,10H2,1H3;1-2H3. The number of carbonyl (C=O) groups is 1. The second-order valence-electron chi connectivity index (χ2n) is 6.35. The lowest BCUT2D eigenvalue weighted by atomic mass is 10.1. The van der Waals surface area contributed by atoms with E-state index in [9.17, 15) is 4.79 Å². The normalized spacial score (nSPS) is 10.6. The fraction of sp³-hybridized carbons (Fsp3) is 0.240. The van der Waals surface area contributed by atoms with Crippen LogP contribution in [0.1, 0.15) is 31.9 Å². The van der Waals surface area contributed by atoms with Crippen LogP contribution in [-0.2, 0) is 17.0 Å². The van der Waals surface area contributed by atoms with Crippen LogP contribution in [0.2, 0.25) is 5.02 Å². The Morgan fingerprint density at radius 2 is 1.53 bits per heavy atom. The Bertz CT molecular complexity index is 842. The third-order valence-corrected chi connectivity index (χ3v) is 5.36. The number of thioether (sulfide) groups is 1. The van der Waals surface area contributed by atoms with Crippen molar-refractivity contribution in [1.82, 2.24) is 0 Å². The van der Waals surface area contributed by atoms with Crippen molar-refractivity contribution in [2.24, 2.45) is 5.73 Å². The summed E-state index contributed by atoms with van der Waals surface area (Å²) in [5, 5.41) is 3.23. The summed E-state index contributed by atoms with van der Waals surface area (Å²) in [6.07, 6.45) is 1.61. The molecule has 0 heterocycles. The van der Waals surface area contributed by atoms with Gasteiger partial charge in [-0.1, -0.05) is 86.1 Å². The molecule has 30 heavy (non-hydrogen) atoms. The zero-order valence-corrected chi connectivity index (χ0v) is 19.4. The maximum absolute atomic E-state index is 10.3. The van der Waals surface area contributed by atoms with E-state index in [-0.39, 0.29) is 6.04 Å². The number of hydrogen-bond acceptors (Lipinski definition) is 3. The average Bonchev–Trinajstić information content (AvgIpc) is 2.76. The van der Waals surface area contributed by atoms with Crippen molar-refractivity contribution in [3.8, 4) is 0 Å². The van der Waals surface area contributed by atoms with Crippen molar-refractivity contribution in [2.75, 3.05) is 5.32 Å². The number of carbonyl (C=O) groups excluding carboxylic acids is 1. The molecule has 3 nitrogen and oxygen atoms in total. The molecule has 0 spiro atoms. The van der Waals surface area contributed by atoms with Gasteiger partial charge in [0.15, 0.2) is 0 Å². The molecule has 0 aliphatic carbocycles. The van der Waals surface area contributed by atoms with E-state index in [0.717, 1.165) is 17.1 Å². The van der Waals surface area contributed by atoms with Gasteiger partial charge in [0, 0.05) is 22.4 Å². The van der Waals surface area contributed by atoms with Crippen molar-refractivity contribution >= 4 is 35.5 Å². The highest BCUT2D eigenvalue weighted by Gasteiger charge is 2.03. The molecule has 0 fully saturated rings. The van der Waals surface area contributed by atoms with Crippen LogP contribution in [0, 0.1) is 0 Å². The van der Waals surface area contributed by atoms with E-state index in [1.54, 1.807) is 17.8 Å². The molecule has 0 bridgehead atoms. The molecule has 5 heteroatoms. The van der Waals surface area contributed by atoms with Gasteiger partial charge in [-0.05, 0) is 42.7 Å². The first-order valence-corrected chi connectivity index (χ1v) is 11.4. The molecule has 1 atom stereocenters. The van der Waals surface area contributed by atoms with Crippen LogP contribution in [0.15, 0.2) is 83.8 Å². The van der Waals surface area contributed by atoms with Gasteiger partial charge >= 0.3 is 0 Å². The molecule has 3 aromatic carbocycles. The summed E-state index contributed by atoms with van der Waals surface area (Å²) in [5.41, 5.74) is 8.91. The molecule has 0 aromatic heterocycles. The lowest BCUT2D eigenvalue weighted by molar-refractivity contribution is -0.105. The van der Waals surface area contributed by atoms with E-state index in [4.69, 9.17) is 17.3 Å². The van der Waals surface area contributed by atoms with E-state index >= 15 is 0 Å². The lowest BCUT2D eigenvalue weighted by Gasteiger charge is -2.06. The maximum Gasteiger partial charge on any atom is 0.211 e. The minimum absolute atomic E-state index is 0.266. The molecule has 0 aliphatic rings. The minimum Gasteiger partial charge on any atom is -0.329 e. The molecule has 0 aliphatic heterocycles. The first kappa shape index (κ1) is 25.8.